The first-order chi connectivity index (χ1) is 13.1. The maximum Gasteiger partial charge on any atom is 0.176 e. The molecule has 0 aliphatic heterocycles. The van der Waals surface area contributed by atoms with Crippen LogP contribution in [0.15, 0.2) is 64.4 Å². The minimum atomic E-state index is 0.706. The lowest BCUT2D eigenvalue weighted by molar-refractivity contribution is 0.399. The van der Waals surface area contributed by atoms with Gasteiger partial charge in [0.05, 0.1) is 12.0 Å². The number of aryl methyl sites for hydroxylation is 1. The first-order valence-electron chi connectivity index (χ1n) is 8.74. The van der Waals surface area contributed by atoms with E-state index in [9.17, 15) is 0 Å². The first-order valence-corrected chi connectivity index (χ1v) is 9.53. The van der Waals surface area contributed by atoms with Gasteiger partial charge in [0.1, 0.15) is 0 Å². The van der Waals surface area contributed by atoms with E-state index in [1.807, 2.05) is 50.9 Å². The number of aromatic amines is 1. The Hall–Kier alpha value is -2.18. The van der Waals surface area contributed by atoms with Crippen molar-refractivity contribution in [2.24, 2.45) is 4.99 Å². The zero-order valence-electron chi connectivity index (χ0n) is 16.9. The molecule has 148 valence electrons. The summed E-state index contributed by atoms with van der Waals surface area (Å²) in [5.41, 5.74) is 2.21. The average molecular weight is 435 g/mol. The number of aliphatic imine (C=N–C) groups is 1. The van der Waals surface area contributed by atoms with E-state index < -0.39 is 0 Å². The predicted octanol–water partition coefficient (Wildman–Crippen LogP) is 5.41. The van der Waals surface area contributed by atoms with E-state index in [0.29, 0.717) is 10.6 Å². The Labute approximate surface area is 171 Å². The molecule has 2 aromatic rings. The highest BCUT2D eigenvalue weighted by molar-refractivity contribution is 9.10. The largest absolute Gasteiger partial charge is 0.400 e. The normalized spacial score (nSPS) is 10.6. The van der Waals surface area contributed by atoms with Crippen LogP contribution < -0.4 is 0 Å². The summed E-state index contributed by atoms with van der Waals surface area (Å²) in [6.07, 6.45) is 11.2. The summed E-state index contributed by atoms with van der Waals surface area (Å²) in [5, 5.41) is 7.00. The van der Waals surface area contributed by atoms with E-state index in [1.54, 1.807) is 6.34 Å². The average Bonchev–Trinajstić information content (AvgIpc) is 3.01. The molecule has 0 unspecified atom stereocenters. The molecule has 1 aromatic heterocycles. The van der Waals surface area contributed by atoms with Crippen molar-refractivity contribution in [1.82, 2.24) is 14.9 Å². The Morgan fingerprint density at radius 2 is 1.74 bits per heavy atom. The van der Waals surface area contributed by atoms with Gasteiger partial charge in [-0.2, -0.15) is 0 Å². The second kappa shape index (κ2) is 16.0. The summed E-state index contributed by atoms with van der Waals surface area (Å²) in [7, 11) is 2.99. The van der Waals surface area contributed by atoms with Crippen LogP contribution in [0.25, 0.3) is 0 Å². The number of rotatable bonds is 6. The number of benzene rings is 1. The molecule has 0 bridgehead atoms. The number of halogens is 1. The first kappa shape index (κ1) is 24.8. The van der Waals surface area contributed by atoms with Gasteiger partial charge in [0.15, 0.2) is 10.6 Å². The Kier molecular flexibility index (Phi) is 14.7. The quantitative estimate of drug-likeness (QED) is 0.362. The predicted molar refractivity (Wildman–Crippen MR) is 119 cm³/mol. The molecule has 1 aromatic carbocycles. The number of hydrogen-bond acceptors (Lipinski definition) is 3. The number of imidazole rings is 1. The van der Waals surface area contributed by atoms with Gasteiger partial charge < -0.3 is 15.0 Å². The van der Waals surface area contributed by atoms with Crippen molar-refractivity contribution in [2.45, 2.75) is 33.7 Å². The summed E-state index contributed by atoms with van der Waals surface area (Å²) in [6.45, 7) is 6.84. The fourth-order valence-corrected chi connectivity index (χ4v) is 2.42. The van der Waals surface area contributed by atoms with Crippen LogP contribution in [0.3, 0.4) is 0 Å². The van der Waals surface area contributed by atoms with Gasteiger partial charge in [-0.25, -0.2) is 9.98 Å². The van der Waals surface area contributed by atoms with Crippen LogP contribution in [0.2, 0.25) is 0 Å². The SMILES string of the molecule is C/C=C\C/C=C\C.CO.Cc1[nH]c(Br)nc1/N=C\N(C)Cc1ccccc1. The Morgan fingerprint density at radius 1 is 1.15 bits per heavy atom. The Balaban J connectivity index is 0.000000637. The fraction of sp³-hybridized carbons (Fsp3) is 0.333. The second-order valence-electron chi connectivity index (χ2n) is 5.50. The third-order valence-corrected chi connectivity index (χ3v) is 3.60. The number of aliphatic hydroxyl groups is 1. The molecule has 0 spiro atoms. The van der Waals surface area contributed by atoms with Crippen molar-refractivity contribution in [3.63, 3.8) is 0 Å². The number of allylic oxidation sites excluding steroid dienone is 4. The lowest BCUT2D eigenvalue weighted by atomic mass is 10.2. The standard InChI is InChI=1S/C13H15BrN4.C7H12.CH4O/c1-10-12(17-13(14)16-10)15-9-18(2)8-11-6-4-3-5-7-11;1-3-5-7-6-4-2;1-2/h3-7,9H,8H2,1-2H3,(H,16,17);3-6H,7H2,1-2H3;2H,1H3/b15-9-;5-3-,6-4-;. The van der Waals surface area contributed by atoms with Crippen LogP contribution in [0, 0.1) is 6.92 Å². The van der Waals surface area contributed by atoms with Gasteiger partial charge in [0.25, 0.3) is 0 Å². The minimum absolute atomic E-state index is 0.706. The summed E-state index contributed by atoms with van der Waals surface area (Å²) in [4.78, 5) is 13.7. The fourth-order valence-electron chi connectivity index (χ4n) is 1.96. The Morgan fingerprint density at radius 3 is 2.22 bits per heavy atom. The van der Waals surface area contributed by atoms with Crippen LogP contribution >= 0.6 is 15.9 Å². The van der Waals surface area contributed by atoms with Gasteiger partial charge in [0.2, 0.25) is 0 Å². The second-order valence-corrected chi connectivity index (χ2v) is 6.25. The van der Waals surface area contributed by atoms with Crippen molar-refractivity contribution in [2.75, 3.05) is 14.2 Å². The third-order valence-electron chi connectivity index (χ3n) is 3.23. The molecular weight excluding hydrogens is 404 g/mol. The van der Waals surface area contributed by atoms with E-state index in [2.05, 4.69) is 67.3 Å². The molecule has 2 N–H and O–H groups in total. The molecule has 5 nitrogen and oxygen atoms in total. The third kappa shape index (κ3) is 11.9. The molecule has 2 rings (SSSR count). The van der Waals surface area contributed by atoms with E-state index in [1.165, 1.54) is 5.56 Å². The van der Waals surface area contributed by atoms with Crippen molar-refractivity contribution in [1.29, 1.82) is 0 Å². The topological polar surface area (TPSA) is 64.5 Å². The zero-order valence-corrected chi connectivity index (χ0v) is 18.4. The molecule has 27 heavy (non-hydrogen) atoms. The van der Waals surface area contributed by atoms with Gasteiger partial charge in [-0.05, 0) is 48.7 Å². The number of hydrogen-bond donors (Lipinski definition) is 2. The van der Waals surface area contributed by atoms with Crippen LogP contribution in [0.5, 0.6) is 0 Å². The van der Waals surface area contributed by atoms with Gasteiger partial charge in [-0.3, -0.25) is 0 Å². The highest BCUT2D eigenvalue weighted by Gasteiger charge is 2.02. The summed E-state index contributed by atoms with van der Waals surface area (Å²) < 4.78 is 0.706. The lowest BCUT2D eigenvalue weighted by Crippen LogP contribution is -2.15. The molecule has 1 heterocycles. The highest BCUT2D eigenvalue weighted by Crippen LogP contribution is 2.17. The van der Waals surface area contributed by atoms with Crippen molar-refractivity contribution >= 4 is 28.1 Å². The number of nitrogens with zero attached hydrogens (tertiary/aromatic N) is 3. The molecule has 0 aliphatic carbocycles. The van der Waals surface area contributed by atoms with E-state index in [4.69, 9.17) is 5.11 Å². The summed E-state index contributed by atoms with van der Waals surface area (Å²) in [5.74, 6) is 0.710. The van der Waals surface area contributed by atoms with E-state index in [0.717, 1.165) is 25.8 Å². The van der Waals surface area contributed by atoms with Gasteiger partial charge in [-0.1, -0.05) is 54.6 Å². The maximum atomic E-state index is 7.00. The molecule has 6 heteroatoms. The number of aromatic nitrogens is 2. The van der Waals surface area contributed by atoms with Crippen LogP contribution in [-0.4, -0.2) is 40.5 Å². The van der Waals surface area contributed by atoms with Gasteiger partial charge in [-0.15, -0.1) is 0 Å². The maximum absolute atomic E-state index is 7.00. The molecule has 0 saturated carbocycles. The molecule has 0 atom stereocenters. The van der Waals surface area contributed by atoms with Crippen LogP contribution in [0.4, 0.5) is 5.82 Å². The number of H-pyrrole nitrogens is 1. The van der Waals surface area contributed by atoms with Gasteiger partial charge in [0, 0.05) is 20.7 Å². The molecule has 0 aliphatic rings. The van der Waals surface area contributed by atoms with E-state index >= 15 is 0 Å². The lowest BCUT2D eigenvalue weighted by Gasteiger charge is -2.12. The Bertz CT molecular complexity index is 683. The summed E-state index contributed by atoms with van der Waals surface area (Å²) in [6, 6.07) is 10.3. The number of nitrogens with one attached hydrogen (secondary N) is 1. The van der Waals surface area contributed by atoms with Crippen molar-refractivity contribution < 1.29 is 5.11 Å². The molecule has 0 amide bonds. The molecule has 0 saturated heterocycles. The molecule has 0 radical (unpaired) electrons. The molecular formula is C21H31BrN4O. The smallest absolute Gasteiger partial charge is 0.176 e. The van der Waals surface area contributed by atoms with E-state index in [-0.39, 0.29) is 0 Å². The minimum Gasteiger partial charge on any atom is -0.400 e. The molecule has 0 fully saturated rings. The monoisotopic (exact) mass is 434 g/mol. The number of aliphatic hydroxyl groups excluding tert-OH is 1. The van der Waals surface area contributed by atoms with Crippen LogP contribution in [-0.2, 0) is 6.54 Å². The van der Waals surface area contributed by atoms with Crippen molar-refractivity contribution in [3.8, 4) is 0 Å². The highest BCUT2D eigenvalue weighted by atomic mass is 79.9. The van der Waals surface area contributed by atoms with Gasteiger partial charge >= 0.3 is 0 Å². The van der Waals surface area contributed by atoms with Crippen molar-refractivity contribution in [3.05, 3.63) is 70.6 Å². The van der Waals surface area contributed by atoms with Crippen LogP contribution in [0.1, 0.15) is 31.5 Å². The zero-order chi connectivity index (χ0) is 20.5. The summed E-state index contributed by atoms with van der Waals surface area (Å²) >= 11 is 3.29.